The van der Waals surface area contributed by atoms with Gasteiger partial charge in [0.05, 0.1) is 6.04 Å². The fourth-order valence-electron chi connectivity index (χ4n) is 1.25. The molecule has 0 aliphatic heterocycles. The van der Waals surface area contributed by atoms with Crippen molar-refractivity contribution in [1.29, 1.82) is 0 Å². The average Bonchev–Trinajstić information content (AvgIpc) is 2.85. The summed E-state index contributed by atoms with van der Waals surface area (Å²) in [6.07, 6.45) is 2.72. The van der Waals surface area contributed by atoms with Crippen LogP contribution >= 0.6 is 11.3 Å². The highest BCUT2D eigenvalue weighted by Gasteiger charge is 2.14. The minimum Gasteiger partial charge on any atom is -0.329 e. The van der Waals surface area contributed by atoms with Gasteiger partial charge in [-0.1, -0.05) is 12.1 Å². The minimum atomic E-state index is 0.143. The fraction of sp³-hybridized carbons (Fsp3) is 0.444. The van der Waals surface area contributed by atoms with E-state index >= 15 is 0 Å². The van der Waals surface area contributed by atoms with E-state index in [1.807, 2.05) is 5.38 Å². The number of nitrogens with one attached hydrogen (secondary N) is 1. The molecule has 0 saturated carbocycles. The summed E-state index contributed by atoms with van der Waals surface area (Å²) in [5, 5.41) is 9.87. The lowest BCUT2D eigenvalue weighted by atomic mass is 10.2. The first-order valence-corrected chi connectivity index (χ1v) is 5.63. The highest BCUT2D eigenvalue weighted by Crippen LogP contribution is 2.22. The van der Waals surface area contributed by atoms with Crippen LogP contribution < -0.4 is 5.32 Å². The van der Waals surface area contributed by atoms with Crippen molar-refractivity contribution in [3.05, 3.63) is 22.4 Å². The van der Waals surface area contributed by atoms with Gasteiger partial charge in [0.1, 0.15) is 5.01 Å². The van der Waals surface area contributed by atoms with Crippen LogP contribution in [0.5, 0.6) is 0 Å². The van der Waals surface area contributed by atoms with Gasteiger partial charge in [0.15, 0.2) is 5.82 Å². The molecule has 0 radical (unpaired) electrons. The first-order chi connectivity index (χ1) is 7.29. The molecule has 2 rings (SSSR count). The fourth-order valence-corrected chi connectivity index (χ4v) is 2.02. The number of thiazole rings is 1. The van der Waals surface area contributed by atoms with Gasteiger partial charge >= 0.3 is 6.01 Å². The Morgan fingerprint density at radius 1 is 1.60 bits per heavy atom. The molecule has 15 heavy (non-hydrogen) atoms. The van der Waals surface area contributed by atoms with E-state index in [-0.39, 0.29) is 6.04 Å². The van der Waals surface area contributed by atoms with Crippen LogP contribution in [-0.4, -0.2) is 15.1 Å². The Balaban J connectivity index is 2.09. The van der Waals surface area contributed by atoms with Gasteiger partial charge in [0.2, 0.25) is 0 Å². The molecule has 0 fully saturated rings. The first-order valence-electron chi connectivity index (χ1n) is 4.76. The van der Waals surface area contributed by atoms with Crippen LogP contribution in [0.1, 0.15) is 30.2 Å². The molecule has 1 N–H and O–H groups in total. The number of rotatable bonds is 4. The van der Waals surface area contributed by atoms with Crippen molar-refractivity contribution in [2.24, 2.45) is 0 Å². The highest BCUT2D eigenvalue weighted by atomic mass is 32.1. The van der Waals surface area contributed by atoms with Crippen molar-refractivity contribution in [3.8, 4) is 0 Å². The number of anilines is 1. The van der Waals surface area contributed by atoms with Gasteiger partial charge in [-0.05, 0) is 13.3 Å². The molecule has 80 valence electrons. The smallest absolute Gasteiger partial charge is 0.322 e. The van der Waals surface area contributed by atoms with E-state index in [1.165, 1.54) is 0 Å². The molecule has 2 aromatic rings. The van der Waals surface area contributed by atoms with Crippen molar-refractivity contribution in [2.75, 3.05) is 5.32 Å². The molecule has 0 spiro atoms. The van der Waals surface area contributed by atoms with Gasteiger partial charge in [0.25, 0.3) is 0 Å². The predicted molar refractivity (Wildman–Crippen MR) is 57.8 cm³/mol. The minimum absolute atomic E-state index is 0.143. The maximum Gasteiger partial charge on any atom is 0.322 e. The molecule has 2 aromatic heterocycles. The van der Waals surface area contributed by atoms with Gasteiger partial charge in [-0.2, -0.15) is 4.98 Å². The standard InChI is InChI=1S/C9H12N4OS/c1-3-7(8-10-4-5-15-8)12-9-11-6(2)13-14-9/h4-5,7H,3H2,1-2H3,(H,11,12,13). The maximum atomic E-state index is 5.00. The summed E-state index contributed by atoms with van der Waals surface area (Å²) in [6, 6.07) is 0.597. The van der Waals surface area contributed by atoms with Crippen LogP contribution in [0.3, 0.4) is 0 Å². The van der Waals surface area contributed by atoms with Crippen molar-refractivity contribution >= 4 is 17.4 Å². The summed E-state index contributed by atoms with van der Waals surface area (Å²) in [7, 11) is 0. The Bertz CT molecular complexity index is 411. The van der Waals surface area contributed by atoms with E-state index in [1.54, 1.807) is 24.5 Å². The first kappa shape index (κ1) is 10.1. The van der Waals surface area contributed by atoms with Gasteiger partial charge in [-0.15, -0.1) is 11.3 Å². The number of hydrogen-bond acceptors (Lipinski definition) is 6. The van der Waals surface area contributed by atoms with Crippen molar-refractivity contribution < 1.29 is 4.52 Å². The predicted octanol–water partition coefficient (Wildman–Crippen LogP) is 2.40. The van der Waals surface area contributed by atoms with Crippen LogP contribution in [-0.2, 0) is 0 Å². The normalized spacial score (nSPS) is 12.7. The molecule has 0 aromatic carbocycles. The summed E-state index contributed by atoms with van der Waals surface area (Å²) < 4.78 is 5.00. The Labute approximate surface area is 91.5 Å². The van der Waals surface area contributed by atoms with Crippen molar-refractivity contribution in [1.82, 2.24) is 15.1 Å². The van der Waals surface area contributed by atoms with Crippen LogP contribution in [0.25, 0.3) is 0 Å². The Kier molecular flexibility index (Phi) is 2.96. The molecular weight excluding hydrogens is 212 g/mol. The molecule has 2 heterocycles. The maximum absolute atomic E-state index is 5.00. The number of hydrogen-bond donors (Lipinski definition) is 1. The zero-order valence-corrected chi connectivity index (χ0v) is 9.41. The third-order valence-electron chi connectivity index (χ3n) is 1.98. The number of nitrogens with zero attached hydrogens (tertiary/aromatic N) is 3. The highest BCUT2D eigenvalue weighted by molar-refractivity contribution is 7.09. The SMILES string of the molecule is CCC(Nc1nc(C)no1)c1nccs1. The van der Waals surface area contributed by atoms with Crippen LogP contribution in [0.2, 0.25) is 0 Å². The number of aromatic nitrogens is 3. The molecule has 6 heteroatoms. The van der Waals surface area contributed by atoms with Crippen molar-refractivity contribution in [2.45, 2.75) is 26.3 Å². The quantitative estimate of drug-likeness (QED) is 0.863. The second-order valence-electron chi connectivity index (χ2n) is 3.12. The van der Waals surface area contributed by atoms with Gasteiger partial charge in [-0.25, -0.2) is 4.98 Å². The Morgan fingerprint density at radius 3 is 3.00 bits per heavy atom. The lowest BCUT2D eigenvalue weighted by Crippen LogP contribution is -2.09. The average molecular weight is 224 g/mol. The van der Waals surface area contributed by atoms with E-state index in [2.05, 4.69) is 27.4 Å². The van der Waals surface area contributed by atoms with Crippen LogP contribution in [0.15, 0.2) is 16.1 Å². The van der Waals surface area contributed by atoms with Crippen LogP contribution in [0.4, 0.5) is 6.01 Å². The molecule has 0 amide bonds. The molecule has 0 bridgehead atoms. The Morgan fingerprint density at radius 2 is 2.47 bits per heavy atom. The molecule has 1 unspecified atom stereocenters. The van der Waals surface area contributed by atoms with E-state index in [4.69, 9.17) is 4.52 Å². The zero-order chi connectivity index (χ0) is 10.7. The summed E-state index contributed by atoms with van der Waals surface area (Å²) in [5.74, 6) is 0.631. The van der Waals surface area contributed by atoms with E-state index in [0.29, 0.717) is 11.8 Å². The largest absolute Gasteiger partial charge is 0.329 e. The van der Waals surface area contributed by atoms with E-state index < -0.39 is 0 Å². The third-order valence-corrected chi connectivity index (χ3v) is 2.87. The molecular formula is C9H12N4OS. The second-order valence-corrected chi connectivity index (χ2v) is 4.05. The lowest BCUT2D eigenvalue weighted by molar-refractivity contribution is 0.421. The summed E-state index contributed by atoms with van der Waals surface area (Å²) in [6.45, 7) is 3.88. The molecule has 1 atom stereocenters. The van der Waals surface area contributed by atoms with Gasteiger partial charge in [-0.3, -0.25) is 0 Å². The monoisotopic (exact) mass is 224 g/mol. The molecule has 0 aliphatic rings. The van der Waals surface area contributed by atoms with Crippen LogP contribution in [0, 0.1) is 6.92 Å². The summed E-state index contributed by atoms with van der Waals surface area (Å²) in [5.41, 5.74) is 0. The summed E-state index contributed by atoms with van der Waals surface area (Å²) >= 11 is 1.62. The second kappa shape index (κ2) is 4.39. The molecule has 0 aliphatic carbocycles. The van der Waals surface area contributed by atoms with Gasteiger partial charge < -0.3 is 9.84 Å². The number of aryl methyl sites for hydroxylation is 1. The molecule has 5 nitrogen and oxygen atoms in total. The Hall–Kier alpha value is -1.43. The van der Waals surface area contributed by atoms with E-state index in [0.717, 1.165) is 11.4 Å². The third kappa shape index (κ3) is 2.33. The zero-order valence-electron chi connectivity index (χ0n) is 8.60. The van der Waals surface area contributed by atoms with Gasteiger partial charge in [0, 0.05) is 11.6 Å². The lowest BCUT2D eigenvalue weighted by Gasteiger charge is -2.11. The van der Waals surface area contributed by atoms with Crippen molar-refractivity contribution in [3.63, 3.8) is 0 Å². The molecule has 0 saturated heterocycles. The summed E-state index contributed by atoms with van der Waals surface area (Å²) in [4.78, 5) is 8.35. The topological polar surface area (TPSA) is 63.8 Å². The van der Waals surface area contributed by atoms with E-state index in [9.17, 15) is 0 Å².